The quantitative estimate of drug-likeness (QED) is 0.849. The predicted octanol–water partition coefficient (Wildman–Crippen LogP) is 1.91. The van der Waals surface area contributed by atoms with E-state index in [0.29, 0.717) is 5.75 Å². The van der Waals surface area contributed by atoms with Crippen LogP contribution < -0.4 is 0 Å². The Labute approximate surface area is 93.7 Å². The molecule has 15 heavy (non-hydrogen) atoms. The minimum absolute atomic E-state index is 0.0482. The summed E-state index contributed by atoms with van der Waals surface area (Å²) >= 11 is 1.57. The first-order valence-electron chi connectivity index (χ1n) is 5.17. The van der Waals surface area contributed by atoms with Crippen LogP contribution in [0.2, 0.25) is 0 Å². The highest BCUT2D eigenvalue weighted by Crippen LogP contribution is 2.28. The summed E-state index contributed by atoms with van der Waals surface area (Å²) in [4.78, 5) is 12.0. The second-order valence-electron chi connectivity index (χ2n) is 3.64. The zero-order valence-corrected chi connectivity index (χ0v) is 9.30. The Morgan fingerprint density at radius 1 is 1.40 bits per heavy atom. The lowest BCUT2D eigenvalue weighted by molar-refractivity contribution is 0.0979. The topological polar surface area (TPSA) is 37.3 Å². The number of aryl methyl sites for hydroxylation is 1. The molecule has 1 N–H and O–H groups in total. The van der Waals surface area contributed by atoms with Crippen molar-refractivity contribution in [3.05, 3.63) is 35.4 Å². The number of rotatable bonds is 3. The number of aliphatic hydroxyl groups excluding tert-OH is 1. The average Bonchev–Trinajstić information content (AvgIpc) is 2.29. The lowest BCUT2D eigenvalue weighted by Crippen LogP contribution is -2.25. The van der Waals surface area contributed by atoms with Gasteiger partial charge in [-0.05, 0) is 18.4 Å². The first-order chi connectivity index (χ1) is 7.33. The molecule has 0 bridgehead atoms. The van der Waals surface area contributed by atoms with Crippen molar-refractivity contribution in [2.24, 2.45) is 0 Å². The molecule has 0 aliphatic heterocycles. The van der Waals surface area contributed by atoms with E-state index in [2.05, 4.69) is 0 Å². The van der Waals surface area contributed by atoms with Gasteiger partial charge in [0, 0.05) is 11.3 Å². The summed E-state index contributed by atoms with van der Waals surface area (Å²) in [5.41, 5.74) is 2.04. The lowest BCUT2D eigenvalue weighted by atomic mass is 9.90. The maximum atomic E-state index is 12.0. The van der Waals surface area contributed by atoms with Crippen molar-refractivity contribution >= 4 is 17.5 Å². The van der Waals surface area contributed by atoms with Gasteiger partial charge in [0.05, 0.1) is 11.9 Å². The molecule has 1 aromatic carbocycles. The third-order valence-corrected chi connectivity index (χ3v) is 3.93. The van der Waals surface area contributed by atoms with Crippen LogP contribution in [0.5, 0.6) is 0 Å². The van der Waals surface area contributed by atoms with Crippen LogP contribution in [0.4, 0.5) is 0 Å². The fraction of sp³-hybridized carbons (Fsp3) is 0.417. The molecule has 3 heteroatoms. The van der Waals surface area contributed by atoms with Crippen LogP contribution in [0.3, 0.4) is 0 Å². The SMILES string of the molecule is O=C1c2ccccc2CCC1SCCO. The van der Waals surface area contributed by atoms with Gasteiger partial charge in [0.25, 0.3) is 0 Å². The Kier molecular flexibility index (Phi) is 3.44. The minimum atomic E-state index is 0.0482. The van der Waals surface area contributed by atoms with E-state index in [1.807, 2.05) is 24.3 Å². The van der Waals surface area contributed by atoms with Gasteiger partial charge in [-0.1, -0.05) is 24.3 Å². The largest absolute Gasteiger partial charge is 0.396 e. The monoisotopic (exact) mass is 222 g/mol. The Morgan fingerprint density at radius 2 is 2.20 bits per heavy atom. The van der Waals surface area contributed by atoms with Gasteiger partial charge in [0.2, 0.25) is 0 Å². The van der Waals surface area contributed by atoms with Gasteiger partial charge < -0.3 is 5.11 Å². The lowest BCUT2D eigenvalue weighted by Gasteiger charge is -2.22. The number of carbonyl (C=O) groups excluding carboxylic acids is 1. The maximum Gasteiger partial charge on any atom is 0.176 e. The average molecular weight is 222 g/mol. The smallest absolute Gasteiger partial charge is 0.176 e. The van der Waals surface area contributed by atoms with Crippen LogP contribution in [-0.2, 0) is 6.42 Å². The molecule has 0 saturated carbocycles. The van der Waals surface area contributed by atoms with Gasteiger partial charge in [-0.3, -0.25) is 4.79 Å². The normalized spacial score (nSPS) is 20.1. The minimum Gasteiger partial charge on any atom is -0.396 e. The summed E-state index contributed by atoms with van der Waals surface area (Å²) in [7, 11) is 0. The molecule has 80 valence electrons. The highest BCUT2D eigenvalue weighted by atomic mass is 32.2. The van der Waals surface area contributed by atoms with Crippen molar-refractivity contribution < 1.29 is 9.90 Å². The number of carbonyl (C=O) groups is 1. The summed E-state index contributed by atoms with van der Waals surface area (Å²) < 4.78 is 0. The molecular weight excluding hydrogens is 208 g/mol. The molecule has 1 aliphatic carbocycles. The van der Waals surface area contributed by atoms with Crippen molar-refractivity contribution in [3.63, 3.8) is 0 Å². The second-order valence-corrected chi connectivity index (χ2v) is 4.95. The zero-order valence-electron chi connectivity index (χ0n) is 8.48. The van der Waals surface area contributed by atoms with Gasteiger partial charge in [-0.25, -0.2) is 0 Å². The van der Waals surface area contributed by atoms with Crippen LogP contribution in [0, 0.1) is 0 Å². The molecule has 0 spiro atoms. The van der Waals surface area contributed by atoms with Gasteiger partial charge in [0.15, 0.2) is 5.78 Å². The van der Waals surface area contributed by atoms with Crippen LogP contribution in [0.15, 0.2) is 24.3 Å². The van der Waals surface area contributed by atoms with Crippen LogP contribution >= 0.6 is 11.8 Å². The van der Waals surface area contributed by atoms with Crippen molar-refractivity contribution in [1.29, 1.82) is 0 Å². The molecule has 0 amide bonds. The molecule has 2 rings (SSSR count). The molecule has 1 aliphatic rings. The zero-order chi connectivity index (χ0) is 10.7. The number of aliphatic hydroxyl groups is 1. The van der Waals surface area contributed by atoms with Gasteiger partial charge in [-0.2, -0.15) is 0 Å². The highest BCUT2D eigenvalue weighted by molar-refractivity contribution is 8.00. The highest BCUT2D eigenvalue weighted by Gasteiger charge is 2.26. The Hall–Kier alpha value is -0.800. The molecule has 0 aromatic heterocycles. The number of hydrogen-bond donors (Lipinski definition) is 1. The molecule has 2 nitrogen and oxygen atoms in total. The van der Waals surface area contributed by atoms with Crippen molar-refractivity contribution in [3.8, 4) is 0 Å². The summed E-state index contributed by atoms with van der Waals surface area (Å²) in [6, 6.07) is 7.83. The van der Waals surface area contributed by atoms with Crippen LogP contribution in [0.25, 0.3) is 0 Å². The number of ketones is 1. The van der Waals surface area contributed by atoms with Crippen molar-refractivity contribution in [2.75, 3.05) is 12.4 Å². The van der Waals surface area contributed by atoms with E-state index in [4.69, 9.17) is 5.11 Å². The fourth-order valence-corrected chi connectivity index (χ4v) is 2.88. The van der Waals surface area contributed by atoms with Gasteiger partial charge in [0.1, 0.15) is 0 Å². The Bertz CT molecular complexity index is 362. The number of benzene rings is 1. The van der Waals surface area contributed by atoms with E-state index >= 15 is 0 Å². The van der Waals surface area contributed by atoms with E-state index in [-0.39, 0.29) is 17.6 Å². The molecule has 1 unspecified atom stereocenters. The molecular formula is C12H14O2S. The second kappa shape index (κ2) is 4.81. The summed E-state index contributed by atoms with van der Waals surface area (Å²) in [5.74, 6) is 0.883. The van der Waals surface area contributed by atoms with E-state index < -0.39 is 0 Å². The Morgan fingerprint density at radius 3 is 3.00 bits per heavy atom. The molecule has 0 fully saturated rings. The number of thioether (sulfide) groups is 1. The van der Waals surface area contributed by atoms with E-state index in [9.17, 15) is 4.79 Å². The van der Waals surface area contributed by atoms with Crippen LogP contribution in [0.1, 0.15) is 22.3 Å². The molecule has 1 atom stereocenters. The van der Waals surface area contributed by atoms with E-state index in [0.717, 1.165) is 18.4 Å². The first kappa shape index (κ1) is 10.7. The first-order valence-corrected chi connectivity index (χ1v) is 6.22. The molecule has 0 heterocycles. The van der Waals surface area contributed by atoms with Crippen molar-refractivity contribution in [1.82, 2.24) is 0 Å². The summed E-state index contributed by atoms with van der Waals surface area (Å²) in [6.45, 7) is 0.149. The maximum absolute atomic E-state index is 12.0. The standard InChI is InChI=1S/C12H14O2S/c13-7-8-15-11-6-5-9-3-1-2-4-10(9)12(11)14/h1-4,11,13H,5-8H2. The Balaban J connectivity index is 2.15. The number of Topliss-reactive ketones (excluding diaryl/α,β-unsaturated/α-hetero) is 1. The molecule has 1 aromatic rings. The third-order valence-electron chi connectivity index (χ3n) is 2.66. The van der Waals surface area contributed by atoms with Gasteiger partial charge in [-0.15, -0.1) is 11.8 Å². The van der Waals surface area contributed by atoms with Crippen molar-refractivity contribution in [2.45, 2.75) is 18.1 Å². The van der Waals surface area contributed by atoms with E-state index in [1.54, 1.807) is 11.8 Å². The van der Waals surface area contributed by atoms with Gasteiger partial charge >= 0.3 is 0 Å². The predicted molar refractivity (Wildman–Crippen MR) is 62.4 cm³/mol. The van der Waals surface area contributed by atoms with E-state index in [1.165, 1.54) is 5.56 Å². The molecule has 0 saturated heterocycles. The van der Waals surface area contributed by atoms with Crippen LogP contribution in [-0.4, -0.2) is 28.5 Å². The summed E-state index contributed by atoms with van der Waals surface area (Å²) in [6.07, 6.45) is 1.88. The third kappa shape index (κ3) is 2.24. The number of fused-ring (bicyclic) bond motifs is 1. The fourth-order valence-electron chi connectivity index (χ4n) is 1.92. The summed E-state index contributed by atoms with van der Waals surface area (Å²) in [5, 5.41) is 8.79. The molecule has 0 radical (unpaired) electrons. The number of hydrogen-bond acceptors (Lipinski definition) is 3.